The van der Waals surface area contributed by atoms with Crippen molar-refractivity contribution in [2.24, 2.45) is 0 Å². The van der Waals surface area contributed by atoms with Crippen LogP contribution in [0.2, 0.25) is 0 Å². The standard InChI is InChI=1S/C19H24O4/c20-17-9-10-19(23,18(21)22)12-16(17)8-6-13-5-7-14-3-1-2-4-15(14)11-13/h5,7,11-12,17,20,23H,1-4,6,8-10H2,(H,21,22)/t17-,19+/m0/s1. The number of carboxylic acid groups (broad SMARTS) is 1. The summed E-state index contributed by atoms with van der Waals surface area (Å²) in [4.78, 5) is 11.2. The third-order valence-electron chi connectivity index (χ3n) is 5.14. The van der Waals surface area contributed by atoms with E-state index in [2.05, 4.69) is 18.2 Å². The van der Waals surface area contributed by atoms with Gasteiger partial charge >= 0.3 is 5.97 Å². The van der Waals surface area contributed by atoms with Gasteiger partial charge in [0.15, 0.2) is 5.60 Å². The fourth-order valence-corrected chi connectivity index (χ4v) is 3.66. The molecular formula is C19H24O4. The maximum atomic E-state index is 11.2. The van der Waals surface area contributed by atoms with Gasteiger partial charge in [-0.2, -0.15) is 0 Å². The Morgan fingerprint density at radius 2 is 1.91 bits per heavy atom. The van der Waals surface area contributed by atoms with E-state index in [-0.39, 0.29) is 6.42 Å². The molecule has 0 fully saturated rings. The van der Waals surface area contributed by atoms with Gasteiger partial charge in [-0.1, -0.05) is 18.2 Å². The minimum atomic E-state index is -1.83. The van der Waals surface area contributed by atoms with Crippen LogP contribution >= 0.6 is 0 Å². The van der Waals surface area contributed by atoms with Gasteiger partial charge in [0.2, 0.25) is 0 Å². The number of rotatable bonds is 4. The van der Waals surface area contributed by atoms with Crippen molar-refractivity contribution < 1.29 is 20.1 Å². The summed E-state index contributed by atoms with van der Waals surface area (Å²) >= 11 is 0. The minimum absolute atomic E-state index is 0.0614. The fourth-order valence-electron chi connectivity index (χ4n) is 3.66. The zero-order valence-electron chi connectivity index (χ0n) is 13.3. The Labute approximate surface area is 136 Å². The highest BCUT2D eigenvalue weighted by Crippen LogP contribution is 2.30. The monoisotopic (exact) mass is 316 g/mol. The molecule has 2 atom stereocenters. The molecule has 2 aliphatic carbocycles. The van der Waals surface area contributed by atoms with Crippen LogP contribution in [0.3, 0.4) is 0 Å². The summed E-state index contributed by atoms with van der Waals surface area (Å²) in [5.41, 5.74) is 2.89. The van der Waals surface area contributed by atoms with Crippen LogP contribution in [-0.4, -0.2) is 33.0 Å². The first-order valence-corrected chi connectivity index (χ1v) is 8.44. The van der Waals surface area contributed by atoms with E-state index in [4.69, 9.17) is 5.11 Å². The van der Waals surface area contributed by atoms with Crippen molar-refractivity contribution in [1.82, 2.24) is 0 Å². The Kier molecular flexibility index (Phi) is 4.55. The molecule has 0 spiro atoms. The molecule has 2 aliphatic rings. The normalized spacial score (nSPS) is 27.2. The summed E-state index contributed by atoms with van der Waals surface area (Å²) < 4.78 is 0. The predicted octanol–water partition coefficient (Wildman–Crippen LogP) is 2.39. The molecule has 0 amide bonds. The zero-order chi connectivity index (χ0) is 16.4. The van der Waals surface area contributed by atoms with Crippen molar-refractivity contribution in [3.8, 4) is 0 Å². The number of carbonyl (C=O) groups is 1. The highest BCUT2D eigenvalue weighted by Gasteiger charge is 2.38. The number of aryl methyl sites for hydroxylation is 3. The highest BCUT2D eigenvalue weighted by atomic mass is 16.4. The minimum Gasteiger partial charge on any atom is -0.479 e. The Bertz CT molecular complexity index is 634. The molecule has 0 saturated heterocycles. The lowest BCUT2D eigenvalue weighted by Crippen LogP contribution is -2.41. The van der Waals surface area contributed by atoms with E-state index in [1.807, 2.05) is 0 Å². The Hall–Kier alpha value is -1.65. The van der Waals surface area contributed by atoms with Crippen LogP contribution in [0.1, 0.15) is 48.8 Å². The summed E-state index contributed by atoms with van der Waals surface area (Å²) in [6.45, 7) is 0. The average molecular weight is 316 g/mol. The number of aliphatic carboxylic acids is 1. The van der Waals surface area contributed by atoms with Crippen molar-refractivity contribution in [2.75, 3.05) is 0 Å². The molecule has 0 bridgehead atoms. The zero-order valence-corrected chi connectivity index (χ0v) is 13.3. The molecule has 3 rings (SSSR count). The molecule has 124 valence electrons. The van der Waals surface area contributed by atoms with Crippen LogP contribution in [0.25, 0.3) is 0 Å². The molecule has 4 nitrogen and oxygen atoms in total. The van der Waals surface area contributed by atoms with E-state index in [0.29, 0.717) is 18.4 Å². The summed E-state index contributed by atoms with van der Waals surface area (Å²) in [6, 6.07) is 6.57. The van der Waals surface area contributed by atoms with Crippen molar-refractivity contribution in [1.29, 1.82) is 0 Å². The lowest BCUT2D eigenvalue weighted by atomic mass is 9.82. The number of fused-ring (bicyclic) bond motifs is 1. The first kappa shape index (κ1) is 16.2. The van der Waals surface area contributed by atoms with E-state index in [1.165, 1.54) is 35.6 Å². The summed E-state index contributed by atoms with van der Waals surface area (Å²) in [5, 5.41) is 29.3. The van der Waals surface area contributed by atoms with Crippen LogP contribution in [0, 0.1) is 0 Å². The van der Waals surface area contributed by atoms with Crippen LogP contribution in [0.4, 0.5) is 0 Å². The van der Waals surface area contributed by atoms with Crippen LogP contribution in [0.15, 0.2) is 29.8 Å². The lowest BCUT2D eigenvalue weighted by Gasteiger charge is -2.29. The van der Waals surface area contributed by atoms with Crippen LogP contribution in [-0.2, 0) is 24.1 Å². The van der Waals surface area contributed by atoms with Gasteiger partial charge < -0.3 is 15.3 Å². The second kappa shape index (κ2) is 6.46. The van der Waals surface area contributed by atoms with E-state index in [0.717, 1.165) is 19.3 Å². The second-order valence-electron chi connectivity index (χ2n) is 6.81. The second-order valence-corrected chi connectivity index (χ2v) is 6.81. The van der Waals surface area contributed by atoms with Crippen LogP contribution in [0.5, 0.6) is 0 Å². The van der Waals surface area contributed by atoms with E-state index in [1.54, 1.807) is 0 Å². The molecule has 4 heteroatoms. The Morgan fingerprint density at radius 3 is 2.65 bits per heavy atom. The maximum absolute atomic E-state index is 11.2. The summed E-state index contributed by atoms with van der Waals surface area (Å²) in [7, 11) is 0. The van der Waals surface area contributed by atoms with Gasteiger partial charge in [-0.15, -0.1) is 0 Å². The fraction of sp³-hybridized carbons (Fsp3) is 0.526. The molecular weight excluding hydrogens is 292 g/mol. The quantitative estimate of drug-likeness (QED) is 0.745. The first-order valence-electron chi connectivity index (χ1n) is 8.44. The summed E-state index contributed by atoms with van der Waals surface area (Å²) in [6.07, 6.45) is 7.18. The molecule has 0 heterocycles. The molecule has 0 aromatic heterocycles. The van der Waals surface area contributed by atoms with Crippen molar-refractivity contribution in [2.45, 2.75) is 63.1 Å². The highest BCUT2D eigenvalue weighted by molar-refractivity contribution is 5.80. The third kappa shape index (κ3) is 3.48. The number of aliphatic hydroxyl groups is 2. The largest absolute Gasteiger partial charge is 0.479 e. The van der Waals surface area contributed by atoms with Gasteiger partial charge in [-0.3, -0.25) is 0 Å². The maximum Gasteiger partial charge on any atom is 0.339 e. The molecule has 3 N–H and O–H groups in total. The number of benzene rings is 1. The molecule has 0 unspecified atom stereocenters. The van der Waals surface area contributed by atoms with E-state index >= 15 is 0 Å². The topological polar surface area (TPSA) is 77.8 Å². The number of hydrogen-bond acceptors (Lipinski definition) is 3. The Balaban J connectivity index is 1.72. The third-order valence-corrected chi connectivity index (χ3v) is 5.14. The Morgan fingerprint density at radius 1 is 1.17 bits per heavy atom. The van der Waals surface area contributed by atoms with E-state index < -0.39 is 17.7 Å². The predicted molar refractivity (Wildman–Crippen MR) is 87.3 cm³/mol. The first-order chi connectivity index (χ1) is 11.0. The van der Waals surface area contributed by atoms with E-state index in [9.17, 15) is 15.0 Å². The van der Waals surface area contributed by atoms with Crippen molar-refractivity contribution in [3.63, 3.8) is 0 Å². The number of carboxylic acids is 1. The molecule has 0 radical (unpaired) electrons. The van der Waals surface area contributed by atoms with Crippen molar-refractivity contribution in [3.05, 3.63) is 46.5 Å². The molecule has 0 saturated carbocycles. The van der Waals surface area contributed by atoms with Gasteiger partial charge in [0.05, 0.1) is 6.10 Å². The molecule has 23 heavy (non-hydrogen) atoms. The van der Waals surface area contributed by atoms with Gasteiger partial charge in [-0.05, 0) is 79.7 Å². The molecule has 0 aliphatic heterocycles. The van der Waals surface area contributed by atoms with Gasteiger partial charge in [0, 0.05) is 0 Å². The van der Waals surface area contributed by atoms with Crippen molar-refractivity contribution >= 4 is 5.97 Å². The smallest absolute Gasteiger partial charge is 0.339 e. The average Bonchev–Trinajstić information content (AvgIpc) is 2.55. The van der Waals surface area contributed by atoms with Gasteiger partial charge in [0.25, 0.3) is 0 Å². The van der Waals surface area contributed by atoms with Gasteiger partial charge in [0.1, 0.15) is 0 Å². The lowest BCUT2D eigenvalue weighted by molar-refractivity contribution is -0.155. The SMILES string of the molecule is O=C(O)[C@]1(O)C=C(CCc2ccc3c(c2)CCCC3)[C@@H](O)CC1. The molecule has 1 aromatic carbocycles. The number of hydrogen-bond donors (Lipinski definition) is 3. The van der Waals surface area contributed by atoms with Crippen LogP contribution < -0.4 is 0 Å². The summed E-state index contributed by atoms with van der Waals surface area (Å²) in [5.74, 6) is -1.24. The molecule has 1 aromatic rings. The van der Waals surface area contributed by atoms with Gasteiger partial charge in [-0.25, -0.2) is 4.79 Å². The number of aliphatic hydroxyl groups excluding tert-OH is 1.